The predicted molar refractivity (Wildman–Crippen MR) is 47.8 cm³/mol. The van der Waals surface area contributed by atoms with E-state index in [1.165, 1.54) is 13.0 Å². The number of pyridine rings is 1. The SMILES string of the molecule is Cc1c(CBr)ccc(C(F)(F)F)[n+]1[O-]. The van der Waals surface area contributed by atoms with Crippen LogP contribution in [0.4, 0.5) is 13.2 Å². The zero-order valence-electron chi connectivity index (χ0n) is 7.23. The van der Waals surface area contributed by atoms with Crippen molar-refractivity contribution in [3.05, 3.63) is 34.3 Å². The Balaban J connectivity index is 3.31. The van der Waals surface area contributed by atoms with Crippen molar-refractivity contribution in [3.8, 4) is 0 Å². The molecular formula is C8H7BrF3NO. The van der Waals surface area contributed by atoms with Crippen molar-refractivity contribution in [2.24, 2.45) is 0 Å². The Morgan fingerprint density at radius 3 is 2.43 bits per heavy atom. The summed E-state index contributed by atoms with van der Waals surface area (Å²) in [5, 5.41) is 11.5. The molecule has 0 saturated carbocycles. The number of halogens is 4. The molecule has 1 aromatic heterocycles. The summed E-state index contributed by atoms with van der Waals surface area (Å²) < 4.78 is 36.6. The maximum Gasteiger partial charge on any atom is 0.478 e. The Hall–Kier alpha value is -0.780. The monoisotopic (exact) mass is 269 g/mol. The molecule has 0 fully saturated rings. The first kappa shape index (κ1) is 11.3. The summed E-state index contributed by atoms with van der Waals surface area (Å²) in [5.41, 5.74) is -0.565. The van der Waals surface area contributed by atoms with Gasteiger partial charge in [0.1, 0.15) is 0 Å². The van der Waals surface area contributed by atoms with E-state index >= 15 is 0 Å². The lowest BCUT2D eigenvalue weighted by molar-refractivity contribution is -0.635. The summed E-state index contributed by atoms with van der Waals surface area (Å²) in [4.78, 5) is 0. The van der Waals surface area contributed by atoms with Crippen molar-refractivity contribution in [1.29, 1.82) is 0 Å². The van der Waals surface area contributed by atoms with Crippen LogP contribution in [0.25, 0.3) is 0 Å². The largest absolute Gasteiger partial charge is 0.618 e. The van der Waals surface area contributed by atoms with E-state index in [-0.39, 0.29) is 10.4 Å². The minimum absolute atomic E-state index is 0.0664. The van der Waals surface area contributed by atoms with Crippen LogP contribution in [0.2, 0.25) is 0 Å². The minimum atomic E-state index is -4.60. The van der Waals surface area contributed by atoms with Crippen LogP contribution in [0.15, 0.2) is 12.1 Å². The van der Waals surface area contributed by atoms with Crippen molar-refractivity contribution in [3.63, 3.8) is 0 Å². The van der Waals surface area contributed by atoms with Gasteiger partial charge in [0.15, 0.2) is 5.69 Å². The van der Waals surface area contributed by atoms with Gasteiger partial charge in [-0.3, -0.25) is 0 Å². The smallest absolute Gasteiger partial charge is 0.478 e. The number of alkyl halides is 4. The lowest BCUT2D eigenvalue weighted by Crippen LogP contribution is -2.40. The molecule has 0 aliphatic rings. The second kappa shape index (κ2) is 3.76. The van der Waals surface area contributed by atoms with E-state index in [1.54, 1.807) is 0 Å². The van der Waals surface area contributed by atoms with Gasteiger partial charge in [0.05, 0.1) is 0 Å². The van der Waals surface area contributed by atoms with Gasteiger partial charge in [-0.15, -0.1) is 0 Å². The molecule has 0 unspecified atom stereocenters. The summed E-state index contributed by atoms with van der Waals surface area (Å²) in [6.45, 7) is 1.36. The van der Waals surface area contributed by atoms with Gasteiger partial charge in [0.2, 0.25) is 0 Å². The van der Waals surface area contributed by atoms with Crippen molar-refractivity contribution in [2.45, 2.75) is 18.4 Å². The molecule has 1 heterocycles. The van der Waals surface area contributed by atoms with Crippen LogP contribution in [0, 0.1) is 12.1 Å². The molecule has 1 rings (SSSR count). The van der Waals surface area contributed by atoms with Gasteiger partial charge < -0.3 is 5.21 Å². The normalized spacial score (nSPS) is 11.8. The van der Waals surface area contributed by atoms with Gasteiger partial charge in [0, 0.05) is 23.9 Å². The van der Waals surface area contributed by atoms with E-state index in [9.17, 15) is 18.4 Å². The van der Waals surface area contributed by atoms with E-state index in [4.69, 9.17) is 0 Å². The van der Waals surface area contributed by atoms with Crippen LogP contribution >= 0.6 is 15.9 Å². The van der Waals surface area contributed by atoms with Crippen LogP contribution in [0.5, 0.6) is 0 Å². The van der Waals surface area contributed by atoms with Gasteiger partial charge >= 0.3 is 6.18 Å². The average Bonchev–Trinajstić information content (AvgIpc) is 2.07. The van der Waals surface area contributed by atoms with Crippen molar-refractivity contribution in [1.82, 2.24) is 0 Å². The lowest BCUT2D eigenvalue weighted by Gasteiger charge is -2.11. The quantitative estimate of drug-likeness (QED) is 0.437. The molecule has 14 heavy (non-hydrogen) atoms. The van der Waals surface area contributed by atoms with Crippen LogP contribution < -0.4 is 4.73 Å². The van der Waals surface area contributed by atoms with E-state index in [0.29, 0.717) is 10.9 Å². The maximum atomic E-state index is 12.2. The summed E-state index contributed by atoms with van der Waals surface area (Å²) in [6.07, 6.45) is -4.60. The fourth-order valence-corrected chi connectivity index (χ4v) is 1.62. The lowest BCUT2D eigenvalue weighted by atomic mass is 10.2. The van der Waals surface area contributed by atoms with E-state index in [2.05, 4.69) is 15.9 Å². The van der Waals surface area contributed by atoms with Crippen LogP contribution in [-0.4, -0.2) is 0 Å². The Morgan fingerprint density at radius 2 is 2.00 bits per heavy atom. The summed E-state index contributed by atoms with van der Waals surface area (Å²) in [5.74, 6) is 0. The molecule has 0 amide bonds. The minimum Gasteiger partial charge on any atom is -0.618 e. The number of hydrogen-bond acceptors (Lipinski definition) is 1. The van der Waals surface area contributed by atoms with E-state index < -0.39 is 11.9 Å². The molecule has 0 atom stereocenters. The standard InChI is InChI=1S/C8H7BrF3NO/c1-5-6(4-9)2-3-7(13(5)14)8(10,11)12/h2-3H,4H2,1H3. The molecule has 0 aromatic carbocycles. The summed E-state index contributed by atoms with van der Waals surface area (Å²) in [6, 6.07) is 2.08. The van der Waals surface area contributed by atoms with E-state index in [1.807, 2.05) is 0 Å². The number of nitrogens with zero attached hydrogens (tertiary/aromatic N) is 1. The Labute approximate surface area is 87.1 Å². The van der Waals surface area contributed by atoms with Gasteiger partial charge in [-0.05, 0) is 6.07 Å². The topological polar surface area (TPSA) is 26.9 Å². The van der Waals surface area contributed by atoms with E-state index in [0.717, 1.165) is 6.07 Å². The molecule has 0 aliphatic carbocycles. The zero-order valence-corrected chi connectivity index (χ0v) is 8.82. The fraction of sp³-hybridized carbons (Fsp3) is 0.375. The molecule has 0 aliphatic heterocycles. The first-order valence-corrected chi connectivity index (χ1v) is 4.85. The van der Waals surface area contributed by atoms with Crippen molar-refractivity contribution >= 4 is 15.9 Å². The third-order valence-electron chi connectivity index (χ3n) is 1.86. The molecule has 0 bridgehead atoms. The summed E-state index contributed by atoms with van der Waals surface area (Å²) >= 11 is 3.08. The van der Waals surface area contributed by atoms with Crippen LogP contribution in [-0.2, 0) is 11.5 Å². The van der Waals surface area contributed by atoms with Crippen LogP contribution in [0.1, 0.15) is 17.0 Å². The molecule has 0 spiro atoms. The molecule has 6 heteroatoms. The van der Waals surface area contributed by atoms with Crippen molar-refractivity contribution < 1.29 is 17.9 Å². The van der Waals surface area contributed by atoms with Crippen LogP contribution in [0.3, 0.4) is 0 Å². The highest BCUT2D eigenvalue weighted by Crippen LogP contribution is 2.27. The predicted octanol–water partition coefficient (Wildman–Crippen LogP) is 2.54. The number of hydrogen-bond donors (Lipinski definition) is 0. The first-order chi connectivity index (χ1) is 6.38. The molecule has 1 aromatic rings. The highest BCUT2D eigenvalue weighted by atomic mass is 79.9. The molecule has 0 N–H and O–H groups in total. The van der Waals surface area contributed by atoms with Gasteiger partial charge in [-0.2, -0.15) is 17.9 Å². The fourth-order valence-electron chi connectivity index (χ4n) is 1.03. The average molecular weight is 270 g/mol. The van der Waals surface area contributed by atoms with Gasteiger partial charge in [0.25, 0.3) is 5.69 Å². The highest BCUT2D eigenvalue weighted by Gasteiger charge is 2.40. The zero-order chi connectivity index (χ0) is 10.9. The molecule has 2 nitrogen and oxygen atoms in total. The maximum absolute atomic E-state index is 12.2. The highest BCUT2D eigenvalue weighted by molar-refractivity contribution is 9.08. The molecule has 78 valence electrons. The second-order valence-electron chi connectivity index (χ2n) is 2.75. The third kappa shape index (κ3) is 2.00. The molecular weight excluding hydrogens is 263 g/mol. The Kier molecular flexibility index (Phi) is 3.04. The second-order valence-corrected chi connectivity index (χ2v) is 3.32. The number of aromatic nitrogens is 1. The summed E-state index contributed by atoms with van der Waals surface area (Å²) in [7, 11) is 0. The molecule has 0 saturated heterocycles. The third-order valence-corrected chi connectivity index (χ3v) is 2.47. The first-order valence-electron chi connectivity index (χ1n) is 3.73. The van der Waals surface area contributed by atoms with Gasteiger partial charge in [-0.25, -0.2) is 0 Å². The Morgan fingerprint density at radius 1 is 1.43 bits per heavy atom. The Bertz CT molecular complexity index is 351. The van der Waals surface area contributed by atoms with Crippen molar-refractivity contribution in [2.75, 3.05) is 0 Å². The number of rotatable bonds is 1. The van der Waals surface area contributed by atoms with Gasteiger partial charge in [-0.1, -0.05) is 15.9 Å². The molecule has 0 radical (unpaired) electrons.